The summed E-state index contributed by atoms with van der Waals surface area (Å²) in [7, 11) is 3.05. The van der Waals surface area contributed by atoms with Crippen LogP contribution in [0.5, 0.6) is 17.2 Å². The second-order valence-electron chi connectivity index (χ2n) is 10.3. The van der Waals surface area contributed by atoms with Gasteiger partial charge < -0.3 is 23.7 Å². The van der Waals surface area contributed by atoms with Gasteiger partial charge in [-0.2, -0.15) is 0 Å². The SMILES string of the molecule is CCN(C(=O)c1cn(-c2ccc(OC)c(OC)c2)c2cc(OCCCCCCCCBr)ccc2c1=O)c1cc(F)cc(F)c1. The van der Waals surface area contributed by atoms with Crippen LogP contribution in [-0.2, 0) is 0 Å². The third-order valence-electron chi connectivity index (χ3n) is 7.37. The molecule has 10 heteroatoms. The van der Waals surface area contributed by atoms with E-state index < -0.39 is 23.0 Å². The molecular formula is C34H37BrF2N2O5. The number of fused-ring (bicyclic) bond motifs is 1. The number of amides is 1. The lowest BCUT2D eigenvalue weighted by Crippen LogP contribution is -2.35. The number of anilines is 1. The molecule has 234 valence electrons. The van der Waals surface area contributed by atoms with Crippen LogP contribution in [0.15, 0.2) is 65.6 Å². The van der Waals surface area contributed by atoms with Gasteiger partial charge in [0.25, 0.3) is 5.91 Å². The third kappa shape index (κ3) is 7.77. The second-order valence-corrected chi connectivity index (χ2v) is 11.1. The quantitative estimate of drug-likeness (QED) is 0.0945. The van der Waals surface area contributed by atoms with E-state index in [1.165, 1.54) is 44.6 Å². The summed E-state index contributed by atoms with van der Waals surface area (Å²) in [6.45, 7) is 2.29. The van der Waals surface area contributed by atoms with Gasteiger partial charge in [0.2, 0.25) is 5.43 Å². The van der Waals surface area contributed by atoms with Gasteiger partial charge in [0.1, 0.15) is 22.9 Å². The zero-order valence-electron chi connectivity index (χ0n) is 25.2. The van der Waals surface area contributed by atoms with Crippen LogP contribution in [0.1, 0.15) is 55.8 Å². The van der Waals surface area contributed by atoms with Crippen LogP contribution in [0.3, 0.4) is 0 Å². The van der Waals surface area contributed by atoms with E-state index in [4.69, 9.17) is 14.2 Å². The fourth-order valence-corrected chi connectivity index (χ4v) is 5.51. The Hall–Kier alpha value is -3.92. The predicted molar refractivity (Wildman–Crippen MR) is 173 cm³/mol. The van der Waals surface area contributed by atoms with E-state index in [-0.39, 0.29) is 23.2 Å². The van der Waals surface area contributed by atoms with Crippen LogP contribution in [0.4, 0.5) is 14.5 Å². The maximum Gasteiger partial charge on any atom is 0.263 e. The highest BCUT2D eigenvalue weighted by molar-refractivity contribution is 9.09. The number of halogens is 3. The zero-order chi connectivity index (χ0) is 31.6. The molecule has 1 heterocycles. The van der Waals surface area contributed by atoms with Crippen LogP contribution in [0, 0.1) is 11.6 Å². The molecule has 0 N–H and O–H groups in total. The number of methoxy groups -OCH3 is 2. The molecule has 4 aromatic rings. The number of alkyl halides is 1. The Balaban J connectivity index is 1.75. The number of hydrogen-bond acceptors (Lipinski definition) is 5. The molecule has 3 aromatic carbocycles. The van der Waals surface area contributed by atoms with Crippen LogP contribution < -0.4 is 24.5 Å². The van der Waals surface area contributed by atoms with Crippen molar-refractivity contribution in [2.45, 2.75) is 45.4 Å². The molecule has 0 saturated carbocycles. The van der Waals surface area contributed by atoms with Crippen molar-refractivity contribution in [2.75, 3.05) is 37.6 Å². The fourth-order valence-electron chi connectivity index (χ4n) is 5.11. The highest BCUT2D eigenvalue weighted by Gasteiger charge is 2.23. The van der Waals surface area contributed by atoms with E-state index in [9.17, 15) is 18.4 Å². The van der Waals surface area contributed by atoms with Gasteiger partial charge in [0.05, 0.1) is 26.3 Å². The largest absolute Gasteiger partial charge is 0.494 e. The molecule has 0 fully saturated rings. The number of ether oxygens (including phenoxy) is 3. The van der Waals surface area contributed by atoms with Gasteiger partial charge in [0.15, 0.2) is 11.5 Å². The molecular weight excluding hydrogens is 634 g/mol. The Bertz CT molecular complexity index is 1640. The molecule has 0 aliphatic rings. The number of aromatic nitrogens is 1. The Morgan fingerprint density at radius 3 is 2.20 bits per heavy atom. The first-order valence-electron chi connectivity index (χ1n) is 14.7. The maximum atomic E-state index is 14.0. The second kappa shape index (κ2) is 15.7. The lowest BCUT2D eigenvalue weighted by molar-refractivity contribution is 0.0987. The number of rotatable bonds is 15. The molecule has 0 aliphatic heterocycles. The zero-order valence-corrected chi connectivity index (χ0v) is 26.8. The molecule has 0 bridgehead atoms. The number of carbonyl (C=O) groups is 1. The Morgan fingerprint density at radius 2 is 1.55 bits per heavy atom. The van der Waals surface area contributed by atoms with E-state index >= 15 is 0 Å². The van der Waals surface area contributed by atoms with Gasteiger partial charge in [-0.15, -0.1) is 0 Å². The van der Waals surface area contributed by atoms with Crippen molar-refractivity contribution < 1.29 is 27.8 Å². The topological polar surface area (TPSA) is 70.0 Å². The van der Waals surface area contributed by atoms with Crippen LogP contribution in [0.25, 0.3) is 16.6 Å². The summed E-state index contributed by atoms with van der Waals surface area (Å²) < 4.78 is 46.8. The normalized spacial score (nSPS) is 11.0. The number of nitrogens with zero attached hydrogens (tertiary/aromatic N) is 2. The molecule has 7 nitrogen and oxygen atoms in total. The maximum absolute atomic E-state index is 14.0. The van der Waals surface area contributed by atoms with E-state index in [1.54, 1.807) is 47.9 Å². The minimum Gasteiger partial charge on any atom is -0.494 e. The summed E-state index contributed by atoms with van der Waals surface area (Å²) in [4.78, 5) is 28.8. The van der Waals surface area contributed by atoms with Gasteiger partial charge in [0, 0.05) is 53.0 Å². The van der Waals surface area contributed by atoms with Crippen molar-refractivity contribution in [3.05, 3.63) is 88.2 Å². The summed E-state index contributed by atoms with van der Waals surface area (Å²) in [5, 5.41) is 1.32. The minimum atomic E-state index is -0.824. The van der Waals surface area contributed by atoms with Crippen molar-refractivity contribution in [3.63, 3.8) is 0 Å². The molecule has 0 aliphatic carbocycles. The smallest absolute Gasteiger partial charge is 0.263 e. The molecule has 0 radical (unpaired) electrons. The highest BCUT2D eigenvalue weighted by atomic mass is 79.9. The summed E-state index contributed by atoms with van der Waals surface area (Å²) >= 11 is 3.46. The Kier molecular flexibility index (Phi) is 11.8. The molecule has 0 atom stereocenters. The lowest BCUT2D eigenvalue weighted by Gasteiger charge is -2.22. The first-order chi connectivity index (χ1) is 21.3. The van der Waals surface area contributed by atoms with Gasteiger partial charge in [-0.25, -0.2) is 8.78 Å². The van der Waals surface area contributed by atoms with Crippen LogP contribution in [0.2, 0.25) is 0 Å². The van der Waals surface area contributed by atoms with Gasteiger partial charge in [-0.1, -0.05) is 41.6 Å². The number of benzene rings is 3. The standard InChI is InChI=1S/C34H37BrF2N2O5/c1-4-38(26-18-23(36)17-24(37)19-26)34(41)29-22-39(25-11-14-31(42-2)32(20-25)43-3)30-21-27(12-13-28(30)33(29)40)44-16-10-8-6-5-7-9-15-35/h11-14,17-22H,4-10,15-16H2,1-3H3. The predicted octanol–water partition coefficient (Wildman–Crippen LogP) is 8.07. The van der Waals surface area contributed by atoms with Crippen molar-refractivity contribution >= 4 is 38.4 Å². The summed E-state index contributed by atoms with van der Waals surface area (Å²) in [5.74, 6) is -0.771. The Morgan fingerprint density at radius 1 is 0.864 bits per heavy atom. The molecule has 1 amide bonds. The number of pyridine rings is 1. The monoisotopic (exact) mass is 670 g/mol. The fraction of sp³-hybridized carbons (Fsp3) is 0.353. The summed E-state index contributed by atoms with van der Waals surface area (Å²) in [6, 6.07) is 13.2. The molecule has 0 saturated heterocycles. The van der Waals surface area contributed by atoms with Gasteiger partial charge >= 0.3 is 0 Å². The molecule has 44 heavy (non-hydrogen) atoms. The third-order valence-corrected chi connectivity index (χ3v) is 7.93. The lowest BCUT2D eigenvalue weighted by atomic mass is 10.1. The first-order valence-corrected chi connectivity index (χ1v) is 15.8. The Labute approximate surface area is 264 Å². The van der Waals surface area contributed by atoms with E-state index in [0.717, 1.165) is 42.8 Å². The summed E-state index contributed by atoms with van der Waals surface area (Å²) in [6.07, 6.45) is 8.18. The first kappa shape index (κ1) is 33.0. The molecule has 4 rings (SSSR count). The highest BCUT2D eigenvalue weighted by Crippen LogP contribution is 2.31. The minimum absolute atomic E-state index is 0.0130. The van der Waals surface area contributed by atoms with Gasteiger partial charge in [-0.05, 0) is 56.2 Å². The summed E-state index contributed by atoms with van der Waals surface area (Å²) in [5.41, 5.74) is 0.464. The van der Waals surface area contributed by atoms with Crippen LogP contribution in [-0.4, -0.2) is 43.2 Å². The molecule has 0 spiro atoms. The van der Waals surface area contributed by atoms with Crippen molar-refractivity contribution in [1.29, 1.82) is 0 Å². The van der Waals surface area contributed by atoms with Crippen molar-refractivity contribution in [1.82, 2.24) is 4.57 Å². The average Bonchev–Trinajstić information content (AvgIpc) is 3.02. The molecule has 1 aromatic heterocycles. The molecule has 0 unspecified atom stereocenters. The van der Waals surface area contributed by atoms with Crippen LogP contribution >= 0.6 is 15.9 Å². The average molecular weight is 672 g/mol. The number of hydrogen-bond donors (Lipinski definition) is 0. The van der Waals surface area contributed by atoms with Gasteiger partial charge in [-0.3, -0.25) is 9.59 Å². The van der Waals surface area contributed by atoms with E-state index in [2.05, 4.69) is 15.9 Å². The van der Waals surface area contributed by atoms with Crippen molar-refractivity contribution in [3.8, 4) is 22.9 Å². The van der Waals surface area contributed by atoms with E-state index in [0.29, 0.717) is 35.1 Å². The number of carbonyl (C=O) groups excluding carboxylic acids is 1. The van der Waals surface area contributed by atoms with E-state index in [1.807, 2.05) is 0 Å². The number of unbranched alkanes of at least 4 members (excludes halogenated alkanes) is 5. The van der Waals surface area contributed by atoms with Crippen molar-refractivity contribution in [2.24, 2.45) is 0 Å².